The zero-order valence-electron chi connectivity index (χ0n) is 41.1. The van der Waals surface area contributed by atoms with Gasteiger partial charge in [-0.25, -0.2) is 0 Å². The molecule has 0 aliphatic heterocycles. The van der Waals surface area contributed by atoms with Crippen molar-refractivity contribution in [3.8, 4) is 72.4 Å². The van der Waals surface area contributed by atoms with E-state index in [2.05, 4.69) is 301 Å². The highest BCUT2D eigenvalue weighted by Gasteiger charge is 2.51. The van der Waals surface area contributed by atoms with Gasteiger partial charge in [0, 0.05) is 33.5 Å². The first kappa shape index (κ1) is 42.9. The van der Waals surface area contributed by atoms with Gasteiger partial charge in [0.1, 0.15) is 0 Å². The van der Waals surface area contributed by atoms with Gasteiger partial charge in [-0.15, -0.1) is 0 Å². The number of aromatic nitrogens is 1. The Morgan fingerprint density at radius 3 is 1.27 bits per heavy atom. The first-order valence-corrected chi connectivity index (χ1v) is 26.0. The Bertz CT molecular complexity index is 4280. The third-order valence-corrected chi connectivity index (χ3v) is 16.0. The van der Waals surface area contributed by atoms with Crippen LogP contribution in [-0.4, -0.2) is 4.57 Å². The number of hydrogen-bond donors (Lipinski definition) is 0. The average Bonchev–Trinajstić information content (AvgIpc) is 4.29. The number of nitrogens with zero attached hydrogens (tertiary/aromatic N) is 2. The largest absolute Gasteiger partial charge is 0.310 e. The maximum Gasteiger partial charge on any atom is 0.0725 e. The van der Waals surface area contributed by atoms with E-state index in [0.29, 0.717) is 0 Å². The Hall–Kier alpha value is -9.76. The minimum absolute atomic E-state index is 0.392. The monoisotopic (exact) mass is 952 g/mol. The topological polar surface area (TPSA) is 8.17 Å². The molecule has 2 aliphatic carbocycles. The van der Waals surface area contributed by atoms with Crippen LogP contribution in [0.5, 0.6) is 0 Å². The zero-order chi connectivity index (χ0) is 49.5. The SMILES string of the molecule is c1ccc(-c2ccc(N(c3ccc(-c4ccc5c(c4)c4ccccc4n5-c4ccccc4)cc3)c3cc(-c4ccccc4)cc(-c4ccc5c(c4)-c4ccccc4C54c5ccccc5-c5ccccc54)c3)cc2)cc1. The summed E-state index contributed by atoms with van der Waals surface area (Å²) < 4.78 is 2.38. The summed E-state index contributed by atoms with van der Waals surface area (Å²) in [6.07, 6.45) is 0. The van der Waals surface area contributed by atoms with Crippen molar-refractivity contribution in [2.75, 3.05) is 4.90 Å². The Morgan fingerprint density at radius 1 is 0.240 bits per heavy atom. The molecule has 13 aromatic rings. The predicted molar refractivity (Wildman–Crippen MR) is 314 cm³/mol. The summed E-state index contributed by atoms with van der Waals surface area (Å²) in [6.45, 7) is 0. The summed E-state index contributed by atoms with van der Waals surface area (Å²) in [5.74, 6) is 0. The Kier molecular flexibility index (Phi) is 9.83. The van der Waals surface area contributed by atoms with Gasteiger partial charge < -0.3 is 9.47 Å². The quantitative estimate of drug-likeness (QED) is 0.147. The minimum atomic E-state index is -0.392. The van der Waals surface area contributed by atoms with Crippen LogP contribution < -0.4 is 4.90 Å². The summed E-state index contributed by atoms with van der Waals surface area (Å²) in [6, 6.07) is 108. The maximum atomic E-state index is 2.46. The molecule has 0 saturated carbocycles. The van der Waals surface area contributed by atoms with E-state index in [4.69, 9.17) is 0 Å². The van der Waals surface area contributed by atoms with E-state index in [1.165, 1.54) is 99.7 Å². The molecule has 0 unspecified atom stereocenters. The summed E-state index contributed by atoms with van der Waals surface area (Å²) in [5, 5.41) is 2.49. The predicted octanol–water partition coefficient (Wildman–Crippen LogP) is 19.3. The van der Waals surface area contributed by atoms with Crippen molar-refractivity contribution in [3.63, 3.8) is 0 Å². The maximum absolute atomic E-state index is 2.46. The third kappa shape index (κ3) is 6.73. The number of hydrogen-bond acceptors (Lipinski definition) is 1. The highest BCUT2D eigenvalue weighted by Crippen LogP contribution is 2.63. The molecule has 0 N–H and O–H groups in total. The molecule has 0 amide bonds. The lowest BCUT2D eigenvalue weighted by atomic mass is 9.70. The van der Waals surface area contributed by atoms with Crippen LogP contribution in [0.25, 0.3) is 94.3 Å². The molecule has 1 aromatic heterocycles. The molecule has 0 bridgehead atoms. The van der Waals surface area contributed by atoms with E-state index in [1.54, 1.807) is 0 Å². The minimum Gasteiger partial charge on any atom is -0.310 e. The van der Waals surface area contributed by atoms with Crippen molar-refractivity contribution in [1.82, 2.24) is 4.57 Å². The van der Waals surface area contributed by atoms with Crippen LogP contribution in [0.15, 0.2) is 291 Å². The fourth-order valence-corrected chi connectivity index (χ4v) is 12.7. The second-order valence-corrected chi connectivity index (χ2v) is 20.0. The fraction of sp³-hybridized carbons (Fsp3) is 0.0137. The van der Waals surface area contributed by atoms with Gasteiger partial charge in [0.2, 0.25) is 0 Å². The standard InChI is InChI=1S/C73H48N2/c1-4-18-49(19-5-1)51-32-38-58(39-33-51)74(59-40-34-52(35-41-59)53-37-43-72-66(48-53)64-27-13-17-31-71(64)75(72)57-22-8-3-9-23-57)60-45-55(50-20-6-2-7-21-50)44-56(46-60)54-36-42-70-65(47-54)63-26-12-16-30-69(63)73(70)67-28-14-10-24-61(67)62-25-11-15-29-68(62)73/h1-48H. The summed E-state index contributed by atoms with van der Waals surface area (Å²) in [5.41, 5.74) is 26.4. The van der Waals surface area contributed by atoms with Crippen LogP contribution in [0, 0.1) is 0 Å². The summed E-state index contributed by atoms with van der Waals surface area (Å²) >= 11 is 0. The van der Waals surface area contributed by atoms with E-state index in [0.717, 1.165) is 33.9 Å². The summed E-state index contributed by atoms with van der Waals surface area (Å²) in [4.78, 5) is 2.43. The van der Waals surface area contributed by atoms with Crippen molar-refractivity contribution in [2.24, 2.45) is 0 Å². The lowest BCUT2D eigenvalue weighted by Crippen LogP contribution is -2.25. The molecule has 75 heavy (non-hydrogen) atoms. The molecule has 15 rings (SSSR count). The van der Waals surface area contributed by atoms with E-state index >= 15 is 0 Å². The van der Waals surface area contributed by atoms with Gasteiger partial charge in [0.25, 0.3) is 0 Å². The molecule has 0 atom stereocenters. The van der Waals surface area contributed by atoms with E-state index in [9.17, 15) is 0 Å². The van der Waals surface area contributed by atoms with Crippen LogP contribution >= 0.6 is 0 Å². The van der Waals surface area contributed by atoms with Crippen LogP contribution in [0.3, 0.4) is 0 Å². The number of anilines is 3. The first-order chi connectivity index (χ1) is 37.2. The number of fused-ring (bicyclic) bond motifs is 13. The van der Waals surface area contributed by atoms with Gasteiger partial charge in [-0.05, 0) is 168 Å². The highest BCUT2D eigenvalue weighted by atomic mass is 15.1. The highest BCUT2D eigenvalue weighted by molar-refractivity contribution is 6.10. The van der Waals surface area contributed by atoms with E-state index in [1.807, 2.05) is 0 Å². The van der Waals surface area contributed by atoms with Gasteiger partial charge >= 0.3 is 0 Å². The molecule has 0 radical (unpaired) electrons. The van der Waals surface area contributed by atoms with Crippen molar-refractivity contribution in [1.29, 1.82) is 0 Å². The molecule has 1 heterocycles. The molecule has 0 fully saturated rings. The van der Waals surface area contributed by atoms with Gasteiger partial charge in [0.15, 0.2) is 0 Å². The molecule has 2 aliphatic rings. The lowest BCUT2D eigenvalue weighted by molar-refractivity contribution is 0.794. The van der Waals surface area contributed by atoms with Crippen molar-refractivity contribution in [2.45, 2.75) is 5.41 Å². The second-order valence-electron chi connectivity index (χ2n) is 20.0. The van der Waals surface area contributed by atoms with Crippen LogP contribution in [0.1, 0.15) is 22.3 Å². The fourth-order valence-electron chi connectivity index (χ4n) is 12.7. The second kappa shape index (κ2) is 17.2. The van der Waals surface area contributed by atoms with Crippen LogP contribution in [0.4, 0.5) is 17.1 Å². The van der Waals surface area contributed by atoms with E-state index < -0.39 is 5.41 Å². The van der Waals surface area contributed by atoms with Crippen LogP contribution in [0.2, 0.25) is 0 Å². The van der Waals surface area contributed by atoms with Gasteiger partial charge in [-0.1, -0.05) is 212 Å². The zero-order valence-corrected chi connectivity index (χ0v) is 41.1. The Labute approximate surface area is 437 Å². The number of benzene rings is 12. The van der Waals surface area contributed by atoms with E-state index in [-0.39, 0.29) is 0 Å². The lowest BCUT2D eigenvalue weighted by Gasteiger charge is -2.30. The smallest absolute Gasteiger partial charge is 0.0725 e. The van der Waals surface area contributed by atoms with Gasteiger partial charge in [-0.3, -0.25) is 0 Å². The molecule has 1 spiro atoms. The molecule has 0 saturated heterocycles. The third-order valence-electron chi connectivity index (χ3n) is 16.0. The van der Waals surface area contributed by atoms with Gasteiger partial charge in [0.05, 0.1) is 16.4 Å². The molecule has 350 valence electrons. The molecule has 12 aromatic carbocycles. The average molecular weight is 953 g/mol. The Morgan fingerprint density at radius 2 is 0.653 bits per heavy atom. The van der Waals surface area contributed by atoms with Crippen molar-refractivity contribution in [3.05, 3.63) is 313 Å². The molecule has 2 heteroatoms. The molecular formula is C73H48N2. The van der Waals surface area contributed by atoms with Crippen molar-refractivity contribution >= 4 is 38.9 Å². The normalized spacial score (nSPS) is 12.6. The van der Waals surface area contributed by atoms with Crippen LogP contribution in [-0.2, 0) is 5.41 Å². The first-order valence-electron chi connectivity index (χ1n) is 26.0. The van der Waals surface area contributed by atoms with Gasteiger partial charge in [-0.2, -0.15) is 0 Å². The molecular weight excluding hydrogens is 905 g/mol. The molecule has 2 nitrogen and oxygen atoms in total. The number of rotatable bonds is 8. The number of para-hydroxylation sites is 2. The van der Waals surface area contributed by atoms with Crippen molar-refractivity contribution < 1.29 is 0 Å². The Balaban J connectivity index is 0.887. The summed E-state index contributed by atoms with van der Waals surface area (Å²) in [7, 11) is 0.